The molecule has 0 radical (unpaired) electrons. The standard InChI is InChI=1S/C14H11NO2/c1-2-10-3-5-11(6-4-10)13-9-12(14(16)17)7-8-15-13/h2-9H,1H2,(H,16,17). The molecule has 0 unspecified atom stereocenters. The van der Waals surface area contributed by atoms with Gasteiger partial charge in [-0.2, -0.15) is 0 Å². The molecule has 2 aromatic rings. The van der Waals surface area contributed by atoms with E-state index >= 15 is 0 Å². The molecular formula is C14H11NO2. The quantitative estimate of drug-likeness (QED) is 0.873. The summed E-state index contributed by atoms with van der Waals surface area (Å²) in [6, 6.07) is 10.7. The Balaban J connectivity index is 2.41. The number of carboxylic acid groups (broad SMARTS) is 1. The van der Waals surface area contributed by atoms with Gasteiger partial charge in [0.25, 0.3) is 0 Å². The highest BCUT2D eigenvalue weighted by atomic mass is 16.4. The summed E-state index contributed by atoms with van der Waals surface area (Å²) in [6.07, 6.45) is 3.26. The van der Waals surface area contributed by atoms with Crippen molar-refractivity contribution in [3.8, 4) is 11.3 Å². The van der Waals surface area contributed by atoms with Crippen LogP contribution >= 0.6 is 0 Å². The number of aromatic carboxylic acids is 1. The molecule has 2 rings (SSSR count). The van der Waals surface area contributed by atoms with Crippen LogP contribution in [-0.2, 0) is 0 Å². The van der Waals surface area contributed by atoms with E-state index in [0.717, 1.165) is 11.1 Å². The van der Waals surface area contributed by atoms with E-state index in [-0.39, 0.29) is 5.56 Å². The van der Waals surface area contributed by atoms with Gasteiger partial charge in [0.05, 0.1) is 11.3 Å². The molecule has 1 N–H and O–H groups in total. The van der Waals surface area contributed by atoms with Crippen LogP contribution in [-0.4, -0.2) is 16.1 Å². The zero-order valence-corrected chi connectivity index (χ0v) is 9.13. The highest BCUT2D eigenvalue weighted by Crippen LogP contribution is 2.18. The van der Waals surface area contributed by atoms with Crippen LogP contribution in [0.2, 0.25) is 0 Å². The van der Waals surface area contributed by atoms with Gasteiger partial charge in [-0.3, -0.25) is 4.98 Å². The topological polar surface area (TPSA) is 50.2 Å². The normalized spacial score (nSPS) is 9.88. The highest BCUT2D eigenvalue weighted by Gasteiger charge is 2.05. The molecule has 0 bridgehead atoms. The minimum atomic E-state index is -0.948. The van der Waals surface area contributed by atoms with Crippen molar-refractivity contribution in [2.45, 2.75) is 0 Å². The Labute approximate surface area is 99.1 Å². The molecule has 1 aromatic carbocycles. The monoisotopic (exact) mass is 225 g/mol. The Kier molecular flexibility index (Phi) is 3.01. The summed E-state index contributed by atoms with van der Waals surface area (Å²) >= 11 is 0. The summed E-state index contributed by atoms with van der Waals surface area (Å²) in [5, 5.41) is 8.90. The lowest BCUT2D eigenvalue weighted by Gasteiger charge is -2.02. The van der Waals surface area contributed by atoms with Gasteiger partial charge in [-0.1, -0.05) is 36.9 Å². The van der Waals surface area contributed by atoms with Crippen LogP contribution in [0.3, 0.4) is 0 Å². The summed E-state index contributed by atoms with van der Waals surface area (Å²) in [6.45, 7) is 3.68. The van der Waals surface area contributed by atoms with Crippen molar-refractivity contribution in [1.82, 2.24) is 4.98 Å². The first-order valence-corrected chi connectivity index (χ1v) is 5.13. The van der Waals surface area contributed by atoms with Crippen LogP contribution < -0.4 is 0 Å². The molecule has 1 heterocycles. The van der Waals surface area contributed by atoms with E-state index < -0.39 is 5.97 Å². The number of benzene rings is 1. The zero-order valence-electron chi connectivity index (χ0n) is 9.13. The molecule has 0 spiro atoms. The summed E-state index contributed by atoms with van der Waals surface area (Å²) in [7, 11) is 0. The van der Waals surface area contributed by atoms with Gasteiger partial charge in [0.1, 0.15) is 0 Å². The Bertz CT molecular complexity index is 559. The molecule has 3 nitrogen and oxygen atoms in total. The van der Waals surface area contributed by atoms with E-state index in [0.29, 0.717) is 5.69 Å². The fourth-order valence-electron chi connectivity index (χ4n) is 1.51. The number of nitrogens with zero attached hydrogens (tertiary/aromatic N) is 1. The second-order valence-electron chi connectivity index (χ2n) is 3.56. The molecule has 0 aliphatic rings. The SMILES string of the molecule is C=Cc1ccc(-c2cc(C(=O)O)ccn2)cc1. The zero-order chi connectivity index (χ0) is 12.3. The van der Waals surface area contributed by atoms with E-state index in [1.807, 2.05) is 24.3 Å². The maximum Gasteiger partial charge on any atom is 0.335 e. The van der Waals surface area contributed by atoms with Crippen molar-refractivity contribution in [3.63, 3.8) is 0 Å². The van der Waals surface area contributed by atoms with Crippen molar-refractivity contribution >= 4 is 12.0 Å². The van der Waals surface area contributed by atoms with E-state index in [9.17, 15) is 4.79 Å². The number of hydrogen-bond acceptors (Lipinski definition) is 2. The maximum atomic E-state index is 10.8. The van der Waals surface area contributed by atoms with Gasteiger partial charge in [-0.25, -0.2) is 4.79 Å². The summed E-state index contributed by atoms with van der Waals surface area (Å²) in [4.78, 5) is 15.0. The molecule has 0 saturated heterocycles. The number of carbonyl (C=O) groups is 1. The largest absolute Gasteiger partial charge is 0.478 e. The van der Waals surface area contributed by atoms with Crippen LogP contribution in [0.15, 0.2) is 49.2 Å². The van der Waals surface area contributed by atoms with E-state index in [1.165, 1.54) is 12.3 Å². The number of pyridine rings is 1. The first-order chi connectivity index (χ1) is 8.20. The lowest BCUT2D eigenvalue weighted by atomic mass is 10.1. The molecule has 3 heteroatoms. The van der Waals surface area contributed by atoms with Crippen molar-refractivity contribution in [3.05, 3.63) is 60.3 Å². The molecule has 0 aliphatic heterocycles. The van der Waals surface area contributed by atoms with Crippen LogP contribution in [0.4, 0.5) is 0 Å². The number of aromatic nitrogens is 1. The lowest BCUT2D eigenvalue weighted by molar-refractivity contribution is 0.0697. The maximum absolute atomic E-state index is 10.8. The Hall–Kier alpha value is -2.42. The number of hydrogen-bond donors (Lipinski definition) is 1. The molecule has 84 valence electrons. The fraction of sp³-hybridized carbons (Fsp3) is 0. The third-order valence-corrected chi connectivity index (χ3v) is 2.45. The summed E-state index contributed by atoms with van der Waals surface area (Å²) in [5.41, 5.74) is 2.80. The molecule has 0 aliphatic carbocycles. The van der Waals surface area contributed by atoms with Crippen LogP contribution in [0.1, 0.15) is 15.9 Å². The van der Waals surface area contributed by atoms with Crippen LogP contribution in [0.25, 0.3) is 17.3 Å². The van der Waals surface area contributed by atoms with Gasteiger partial charge in [-0.05, 0) is 17.7 Å². The van der Waals surface area contributed by atoms with Gasteiger partial charge in [0.15, 0.2) is 0 Å². The minimum Gasteiger partial charge on any atom is -0.478 e. The average molecular weight is 225 g/mol. The first kappa shape index (κ1) is 11.1. The van der Waals surface area contributed by atoms with E-state index in [2.05, 4.69) is 11.6 Å². The second-order valence-corrected chi connectivity index (χ2v) is 3.56. The predicted octanol–water partition coefficient (Wildman–Crippen LogP) is 3.09. The molecule has 0 amide bonds. The Morgan fingerprint density at radius 1 is 1.24 bits per heavy atom. The van der Waals surface area contributed by atoms with E-state index in [4.69, 9.17) is 5.11 Å². The molecule has 17 heavy (non-hydrogen) atoms. The third-order valence-electron chi connectivity index (χ3n) is 2.45. The average Bonchev–Trinajstić information content (AvgIpc) is 2.39. The summed E-state index contributed by atoms with van der Waals surface area (Å²) in [5.74, 6) is -0.948. The highest BCUT2D eigenvalue weighted by molar-refractivity contribution is 5.88. The van der Waals surface area contributed by atoms with Crippen LogP contribution in [0, 0.1) is 0 Å². The fourth-order valence-corrected chi connectivity index (χ4v) is 1.51. The van der Waals surface area contributed by atoms with Gasteiger partial charge in [0, 0.05) is 11.8 Å². The molecule has 1 aromatic heterocycles. The number of rotatable bonds is 3. The van der Waals surface area contributed by atoms with Crippen molar-refractivity contribution < 1.29 is 9.90 Å². The predicted molar refractivity (Wildman–Crippen MR) is 66.7 cm³/mol. The minimum absolute atomic E-state index is 0.239. The second kappa shape index (κ2) is 4.61. The van der Waals surface area contributed by atoms with Crippen molar-refractivity contribution in [1.29, 1.82) is 0 Å². The Morgan fingerprint density at radius 2 is 1.94 bits per heavy atom. The number of carboxylic acids is 1. The van der Waals surface area contributed by atoms with Crippen molar-refractivity contribution in [2.24, 2.45) is 0 Å². The lowest BCUT2D eigenvalue weighted by Crippen LogP contribution is -1.97. The van der Waals surface area contributed by atoms with E-state index in [1.54, 1.807) is 12.1 Å². The molecule has 0 fully saturated rings. The van der Waals surface area contributed by atoms with Gasteiger partial charge in [0.2, 0.25) is 0 Å². The summed E-state index contributed by atoms with van der Waals surface area (Å²) < 4.78 is 0. The Morgan fingerprint density at radius 3 is 2.53 bits per heavy atom. The molecule has 0 atom stereocenters. The van der Waals surface area contributed by atoms with Gasteiger partial charge in [-0.15, -0.1) is 0 Å². The van der Waals surface area contributed by atoms with Gasteiger partial charge < -0.3 is 5.11 Å². The van der Waals surface area contributed by atoms with Crippen molar-refractivity contribution in [2.75, 3.05) is 0 Å². The molecule has 0 saturated carbocycles. The smallest absolute Gasteiger partial charge is 0.335 e. The van der Waals surface area contributed by atoms with Crippen LogP contribution in [0.5, 0.6) is 0 Å². The molecular weight excluding hydrogens is 214 g/mol. The third kappa shape index (κ3) is 2.39. The first-order valence-electron chi connectivity index (χ1n) is 5.13. The van der Waals surface area contributed by atoms with Gasteiger partial charge >= 0.3 is 5.97 Å².